The number of nitriles is 1. The second-order valence-electron chi connectivity index (χ2n) is 5.09. The first-order valence-electron chi connectivity index (χ1n) is 7.09. The van der Waals surface area contributed by atoms with Crippen LogP contribution in [-0.4, -0.2) is 7.11 Å². The van der Waals surface area contributed by atoms with Crippen LogP contribution in [0.5, 0.6) is 5.75 Å². The van der Waals surface area contributed by atoms with Crippen molar-refractivity contribution >= 4 is 16.5 Å². The van der Waals surface area contributed by atoms with Crippen LogP contribution in [0.2, 0.25) is 0 Å². The topological polar surface area (TPSA) is 45.0 Å². The summed E-state index contributed by atoms with van der Waals surface area (Å²) >= 11 is 0. The number of rotatable bonds is 4. The number of hydrogen-bond acceptors (Lipinski definition) is 3. The molecule has 22 heavy (non-hydrogen) atoms. The van der Waals surface area contributed by atoms with E-state index in [1.807, 2.05) is 30.3 Å². The molecule has 0 amide bonds. The lowest BCUT2D eigenvalue weighted by Gasteiger charge is -2.08. The van der Waals surface area contributed by atoms with Gasteiger partial charge in [0.2, 0.25) is 0 Å². The fourth-order valence-electron chi connectivity index (χ4n) is 2.41. The van der Waals surface area contributed by atoms with E-state index in [1.165, 1.54) is 10.9 Å². The van der Waals surface area contributed by atoms with Gasteiger partial charge >= 0.3 is 0 Å². The molecule has 0 saturated carbocycles. The molecule has 1 N–H and O–H groups in total. The summed E-state index contributed by atoms with van der Waals surface area (Å²) in [5.74, 6) is 0.867. The zero-order chi connectivity index (χ0) is 15.4. The minimum Gasteiger partial charge on any atom is -0.497 e. The van der Waals surface area contributed by atoms with Crippen molar-refractivity contribution in [3.05, 3.63) is 71.8 Å². The highest BCUT2D eigenvalue weighted by Crippen LogP contribution is 2.22. The van der Waals surface area contributed by atoms with Gasteiger partial charge in [0, 0.05) is 12.2 Å². The lowest BCUT2D eigenvalue weighted by atomic mass is 10.1. The van der Waals surface area contributed by atoms with Crippen molar-refractivity contribution in [2.45, 2.75) is 6.54 Å². The molecule has 3 nitrogen and oxygen atoms in total. The van der Waals surface area contributed by atoms with Gasteiger partial charge in [-0.2, -0.15) is 5.26 Å². The van der Waals surface area contributed by atoms with Crippen LogP contribution in [-0.2, 0) is 6.54 Å². The van der Waals surface area contributed by atoms with E-state index >= 15 is 0 Å². The van der Waals surface area contributed by atoms with Gasteiger partial charge in [0.05, 0.1) is 18.7 Å². The van der Waals surface area contributed by atoms with Gasteiger partial charge in [0.25, 0.3) is 0 Å². The number of benzene rings is 3. The van der Waals surface area contributed by atoms with Crippen molar-refractivity contribution in [1.82, 2.24) is 0 Å². The number of methoxy groups -OCH3 is 1. The Morgan fingerprint density at radius 1 is 1.00 bits per heavy atom. The third-order valence-electron chi connectivity index (χ3n) is 3.60. The molecule has 0 aliphatic rings. The van der Waals surface area contributed by atoms with E-state index in [2.05, 4.69) is 35.7 Å². The van der Waals surface area contributed by atoms with Crippen molar-refractivity contribution in [3.8, 4) is 11.8 Å². The average Bonchev–Trinajstić information content (AvgIpc) is 2.59. The standard InChI is InChI=1S/C19H16N2O/c1-22-19-8-7-16-9-15(5-6-17(16)11-19)13-21-18-4-2-3-14(10-18)12-20/h2-11,21H,13H2,1H3. The maximum atomic E-state index is 8.92. The summed E-state index contributed by atoms with van der Waals surface area (Å²) in [7, 11) is 1.68. The highest BCUT2D eigenvalue weighted by atomic mass is 16.5. The van der Waals surface area contributed by atoms with Gasteiger partial charge in [-0.1, -0.05) is 24.3 Å². The summed E-state index contributed by atoms with van der Waals surface area (Å²) in [5.41, 5.74) is 2.81. The molecule has 0 fully saturated rings. The normalized spacial score (nSPS) is 10.2. The van der Waals surface area contributed by atoms with Crippen LogP contribution in [0.25, 0.3) is 10.8 Å². The highest BCUT2D eigenvalue weighted by Gasteiger charge is 2.00. The molecule has 0 radical (unpaired) electrons. The van der Waals surface area contributed by atoms with Gasteiger partial charge in [-0.3, -0.25) is 0 Å². The Kier molecular flexibility index (Phi) is 3.93. The van der Waals surface area contributed by atoms with E-state index in [9.17, 15) is 0 Å². The molecule has 0 saturated heterocycles. The minimum absolute atomic E-state index is 0.663. The lowest BCUT2D eigenvalue weighted by molar-refractivity contribution is 0.415. The number of nitrogens with zero attached hydrogens (tertiary/aromatic N) is 1. The first-order valence-corrected chi connectivity index (χ1v) is 7.09. The molecular weight excluding hydrogens is 272 g/mol. The van der Waals surface area contributed by atoms with Gasteiger partial charge in [0.1, 0.15) is 5.75 Å². The van der Waals surface area contributed by atoms with E-state index in [4.69, 9.17) is 10.00 Å². The monoisotopic (exact) mass is 288 g/mol. The van der Waals surface area contributed by atoms with Gasteiger partial charge < -0.3 is 10.1 Å². The summed E-state index contributed by atoms with van der Waals surface area (Å²) < 4.78 is 5.24. The molecule has 3 aromatic rings. The number of fused-ring (bicyclic) bond motifs is 1. The maximum Gasteiger partial charge on any atom is 0.119 e. The molecule has 3 heteroatoms. The van der Waals surface area contributed by atoms with Crippen LogP contribution in [0.15, 0.2) is 60.7 Å². The van der Waals surface area contributed by atoms with Crippen LogP contribution in [0.3, 0.4) is 0 Å². The van der Waals surface area contributed by atoms with E-state index in [0.717, 1.165) is 23.4 Å². The van der Waals surface area contributed by atoms with Gasteiger partial charge in [-0.15, -0.1) is 0 Å². The summed E-state index contributed by atoms with van der Waals surface area (Å²) in [4.78, 5) is 0. The Hall–Kier alpha value is -2.99. The molecule has 0 aliphatic carbocycles. The molecule has 0 aromatic heterocycles. The SMILES string of the molecule is COc1ccc2cc(CNc3cccc(C#N)c3)ccc2c1. The minimum atomic E-state index is 0.663. The second-order valence-corrected chi connectivity index (χ2v) is 5.09. The molecule has 0 unspecified atom stereocenters. The first-order chi connectivity index (χ1) is 10.8. The predicted molar refractivity (Wildman–Crippen MR) is 89.0 cm³/mol. The van der Waals surface area contributed by atoms with Crippen molar-refractivity contribution < 1.29 is 4.74 Å². The number of hydrogen-bond donors (Lipinski definition) is 1. The van der Waals surface area contributed by atoms with Crippen LogP contribution in [0.4, 0.5) is 5.69 Å². The third kappa shape index (κ3) is 3.02. The molecule has 0 bridgehead atoms. The number of nitrogens with one attached hydrogen (secondary N) is 1. The lowest BCUT2D eigenvalue weighted by Crippen LogP contribution is -1.99. The predicted octanol–water partition coefficient (Wildman–Crippen LogP) is 4.33. The van der Waals surface area contributed by atoms with Crippen LogP contribution >= 0.6 is 0 Å². The van der Waals surface area contributed by atoms with E-state index in [0.29, 0.717) is 5.56 Å². The second kappa shape index (κ2) is 6.19. The van der Waals surface area contributed by atoms with E-state index in [1.54, 1.807) is 13.2 Å². The van der Waals surface area contributed by atoms with Gasteiger partial charge in [-0.25, -0.2) is 0 Å². The molecular formula is C19H16N2O. The first kappa shape index (κ1) is 14.0. The molecule has 0 aliphatic heterocycles. The van der Waals surface area contributed by atoms with Crippen LogP contribution in [0.1, 0.15) is 11.1 Å². The Morgan fingerprint density at radius 3 is 2.64 bits per heavy atom. The average molecular weight is 288 g/mol. The molecule has 0 atom stereocenters. The maximum absolute atomic E-state index is 8.92. The summed E-state index contributed by atoms with van der Waals surface area (Å²) in [6, 6.07) is 22.1. The summed E-state index contributed by atoms with van der Waals surface area (Å²) in [6.45, 7) is 0.719. The third-order valence-corrected chi connectivity index (χ3v) is 3.60. The largest absolute Gasteiger partial charge is 0.497 e. The van der Waals surface area contributed by atoms with E-state index < -0.39 is 0 Å². The molecule has 0 spiro atoms. The smallest absolute Gasteiger partial charge is 0.119 e. The number of anilines is 1. The Bertz CT molecular complexity index is 849. The zero-order valence-corrected chi connectivity index (χ0v) is 12.3. The Labute approximate surface area is 129 Å². The quantitative estimate of drug-likeness (QED) is 0.777. The van der Waals surface area contributed by atoms with Crippen molar-refractivity contribution in [1.29, 1.82) is 5.26 Å². The van der Waals surface area contributed by atoms with Crippen molar-refractivity contribution in [2.75, 3.05) is 12.4 Å². The zero-order valence-electron chi connectivity index (χ0n) is 12.3. The van der Waals surface area contributed by atoms with Crippen LogP contribution in [0, 0.1) is 11.3 Å². The highest BCUT2D eigenvalue weighted by molar-refractivity contribution is 5.84. The molecule has 108 valence electrons. The van der Waals surface area contributed by atoms with E-state index in [-0.39, 0.29) is 0 Å². The van der Waals surface area contributed by atoms with Gasteiger partial charge in [0.15, 0.2) is 0 Å². The van der Waals surface area contributed by atoms with Gasteiger partial charge in [-0.05, 0) is 52.7 Å². The molecule has 3 rings (SSSR count). The van der Waals surface area contributed by atoms with Crippen LogP contribution < -0.4 is 10.1 Å². The fourth-order valence-corrected chi connectivity index (χ4v) is 2.41. The van der Waals surface area contributed by atoms with Crippen molar-refractivity contribution in [2.24, 2.45) is 0 Å². The fraction of sp³-hybridized carbons (Fsp3) is 0.105. The molecule has 0 heterocycles. The summed E-state index contributed by atoms with van der Waals surface area (Å²) in [6.07, 6.45) is 0. The molecule has 3 aromatic carbocycles. The Morgan fingerprint density at radius 2 is 1.82 bits per heavy atom. The summed E-state index contributed by atoms with van der Waals surface area (Å²) in [5, 5.41) is 14.6. The Balaban J connectivity index is 1.78. The number of ether oxygens (including phenoxy) is 1. The van der Waals surface area contributed by atoms with Crippen molar-refractivity contribution in [3.63, 3.8) is 0 Å².